The fourth-order valence-corrected chi connectivity index (χ4v) is 3.36. The third-order valence-electron chi connectivity index (χ3n) is 4.89. The minimum absolute atomic E-state index is 0.0343. The van der Waals surface area contributed by atoms with Gasteiger partial charge in [-0.2, -0.15) is 5.10 Å². The lowest BCUT2D eigenvalue weighted by molar-refractivity contribution is -0.133. The van der Waals surface area contributed by atoms with E-state index in [0.717, 1.165) is 12.0 Å². The first-order chi connectivity index (χ1) is 12.6. The van der Waals surface area contributed by atoms with Crippen LogP contribution in [0.15, 0.2) is 35.4 Å². The summed E-state index contributed by atoms with van der Waals surface area (Å²) in [6.45, 7) is 3.45. The first kappa shape index (κ1) is 18.1. The van der Waals surface area contributed by atoms with Crippen molar-refractivity contribution in [3.05, 3.63) is 35.9 Å². The smallest absolute Gasteiger partial charge is 0.270 e. The van der Waals surface area contributed by atoms with E-state index in [-0.39, 0.29) is 30.2 Å². The van der Waals surface area contributed by atoms with Gasteiger partial charge in [0.15, 0.2) is 0 Å². The molecule has 1 N–H and O–H groups in total. The molecule has 0 radical (unpaired) electrons. The van der Waals surface area contributed by atoms with E-state index in [1.54, 1.807) is 4.90 Å². The van der Waals surface area contributed by atoms with Crippen molar-refractivity contribution in [2.45, 2.75) is 45.2 Å². The highest BCUT2D eigenvalue weighted by atomic mass is 16.2. The number of hydrogen-bond donors (Lipinski definition) is 1. The minimum atomic E-state index is -0.183. The summed E-state index contributed by atoms with van der Waals surface area (Å²) in [6.07, 6.45) is 1.69. The lowest BCUT2D eigenvalue weighted by Crippen LogP contribution is -2.46. The van der Waals surface area contributed by atoms with Crippen molar-refractivity contribution in [2.24, 2.45) is 5.10 Å². The average molecular weight is 356 g/mol. The van der Waals surface area contributed by atoms with E-state index in [2.05, 4.69) is 10.5 Å². The Morgan fingerprint density at radius 2 is 1.96 bits per heavy atom. The highest BCUT2D eigenvalue weighted by molar-refractivity contribution is 6.39. The van der Waals surface area contributed by atoms with Crippen molar-refractivity contribution in [2.75, 3.05) is 13.1 Å². The minimum Gasteiger partial charge on any atom is -0.335 e. The van der Waals surface area contributed by atoms with Crippen molar-refractivity contribution in [1.82, 2.24) is 15.2 Å². The molecular weight excluding hydrogens is 332 g/mol. The summed E-state index contributed by atoms with van der Waals surface area (Å²) in [5.74, 6) is -0.291. The Labute approximate surface area is 153 Å². The maximum atomic E-state index is 12.8. The Kier molecular flexibility index (Phi) is 5.65. The number of nitrogens with zero attached hydrogens (tertiary/aromatic N) is 3. The third kappa shape index (κ3) is 4.09. The van der Waals surface area contributed by atoms with Crippen LogP contribution in [0.5, 0.6) is 0 Å². The molecule has 0 bridgehead atoms. The first-order valence-electron chi connectivity index (χ1n) is 9.06. The van der Waals surface area contributed by atoms with Gasteiger partial charge in [0.1, 0.15) is 5.71 Å². The molecule has 0 spiro atoms. The van der Waals surface area contributed by atoms with E-state index >= 15 is 0 Å². The summed E-state index contributed by atoms with van der Waals surface area (Å²) in [5.41, 5.74) is 3.81. The van der Waals surface area contributed by atoms with Crippen LogP contribution in [0.2, 0.25) is 0 Å². The maximum absolute atomic E-state index is 12.8. The van der Waals surface area contributed by atoms with E-state index in [9.17, 15) is 14.4 Å². The third-order valence-corrected chi connectivity index (χ3v) is 4.89. The number of carbonyl (C=O) groups is 3. The summed E-state index contributed by atoms with van der Waals surface area (Å²) in [7, 11) is 0. The van der Waals surface area contributed by atoms with Gasteiger partial charge >= 0.3 is 0 Å². The van der Waals surface area contributed by atoms with Gasteiger partial charge in [-0.3, -0.25) is 14.4 Å². The van der Waals surface area contributed by atoms with Crippen LogP contribution in [0.1, 0.15) is 38.2 Å². The zero-order chi connectivity index (χ0) is 18.5. The number of rotatable bonds is 4. The number of nitrogens with one attached hydrogen (secondary N) is 1. The summed E-state index contributed by atoms with van der Waals surface area (Å²) >= 11 is 0. The van der Waals surface area contributed by atoms with Crippen LogP contribution in [0.3, 0.4) is 0 Å². The zero-order valence-electron chi connectivity index (χ0n) is 15.0. The Hall–Kier alpha value is -2.70. The van der Waals surface area contributed by atoms with E-state index < -0.39 is 0 Å². The highest BCUT2D eigenvalue weighted by Crippen LogP contribution is 2.18. The van der Waals surface area contributed by atoms with Gasteiger partial charge in [0.25, 0.3) is 5.91 Å². The number of benzene rings is 1. The summed E-state index contributed by atoms with van der Waals surface area (Å²) in [5, 5.41) is 3.90. The van der Waals surface area contributed by atoms with E-state index in [4.69, 9.17) is 0 Å². The molecule has 1 atom stereocenters. The van der Waals surface area contributed by atoms with Gasteiger partial charge in [-0.1, -0.05) is 37.3 Å². The summed E-state index contributed by atoms with van der Waals surface area (Å²) in [6, 6.07) is 9.86. The van der Waals surface area contributed by atoms with Gasteiger partial charge < -0.3 is 9.80 Å². The number of carbonyl (C=O) groups excluding carboxylic acids is 3. The molecule has 3 amide bonds. The van der Waals surface area contributed by atoms with Crippen LogP contribution in [0.4, 0.5) is 0 Å². The van der Waals surface area contributed by atoms with Crippen molar-refractivity contribution in [3.8, 4) is 0 Å². The van der Waals surface area contributed by atoms with Gasteiger partial charge in [0, 0.05) is 44.9 Å². The Balaban J connectivity index is 1.73. The average Bonchev–Trinajstić information content (AvgIpc) is 2.82. The molecule has 0 saturated carbocycles. The molecule has 0 aliphatic carbocycles. The molecule has 2 aliphatic rings. The second-order valence-corrected chi connectivity index (χ2v) is 6.66. The van der Waals surface area contributed by atoms with Crippen LogP contribution in [0.25, 0.3) is 0 Å². The van der Waals surface area contributed by atoms with Crippen molar-refractivity contribution < 1.29 is 14.4 Å². The van der Waals surface area contributed by atoms with Crippen LogP contribution in [-0.4, -0.2) is 52.4 Å². The molecule has 1 fully saturated rings. The quantitative estimate of drug-likeness (QED) is 0.883. The number of hydrazone groups is 1. The normalized spacial score (nSPS) is 21.1. The second kappa shape index (κ2) is 8.12. The summed E-state index contributed by atoms with van der Waals surface area (Å²) < 4.78 is 0. The van der Waals surface area contributed by atoms with E-state index in [0.29, 0.717) is 38.2 Å². The maximum Gasteiger partial charge on any atom is 0.270 e. The SMILES string of the molecule is CC[C@@H]1CN(C(=O)C2=NNC(=O)CC2)CCC(=O)N1Cc1ccccc1. The molecular formula is C19H24N4O3. The molecule has 0 aromatic heterocycles. The molecule has 1 saturated heterocycles. The Bertz CT molecular complexity index is 717. The molecule has 3 rings (SSSR count). The molecule has 1 aromatic carbocycles. The van der Waals surface area contributed by atoms with Gasteiger partial charge in [-0.25, -0.2) is 5.43 Å². The molecule has 2 aliphatic heterocycles. The largest absolute Gasteiger partial charge is 0.335 e. The number of hydrogen-bond acceptors (Lipinski definition) is 4. The standard InChI is InChI=1S/C19H24N4O3/c1-2-15-13-22(19(26)16-8-9-17(24)21-20-16)11-10-18(25)23(15)12-14-6-4-3-5-7-14/h3-7,15H,2,8-13H2,1H3,(H,21,24)/t15-/m1/s1. The van der Waals surface area contributed by atoms with Crippen LogP contribution in [-0.2, 0) is 20.9 Å². The predicted molar refractivity (Wildman–Crippen MR) is 97.1 cm³/mol. The second-order valence-electron chi connectivity index (χ2n) is 6.66. The summed E-state index contributed by atoms with van der Waals surface area (Å²) in [4.78, 5) is 40.2. The molecule has 7 nitrogen and oxygen atoms in total. The molecule has 26 heavy (non-hydrogen) atoms. The van der Waals surface area contributed by atoms with Gasteiger partial charge in [-0.05, 0) is 12.0 Å². The molecule has 138 valence electrons. The zero-order valence-corrected chi connectivity index (χ0v) is 15.0. The van der Waals surface area contributed by atoms with Crippen LogP contribution >= 0.6 is 0 Å². The van der Waals surface area contributed by atoms with Gasteiger partial charge in [-0.15, -0.1) is 0 Å². The first-order valence-corrected chi connectivity index (χ1v) is 9.06. The van der Waals surface area contributed by atoms with Crippen molar-refractivity contribution >= 4 is 23.4 Å². The van der Waals surface area contributed by atoms with Crippen molar-refractivity contribution in [3.63, 3.8) is 0 Å². The fourth-order valence-electron chi connectivity index (χ4n) is 3.36. The lowest BCUT2D eigenvalue weighted by atomic mass is 10.1. The van der Waals surface area contributed by atoms with Crippen LogP contribution in [0, 0.1) is 0 Å². The highest BCUT2D eigenvalue weighted by Gasteiger charge is 2.32. The lowest BCUT2D eigenvalue weighted by Gasteiger charge is -2.31. The molecule has 2 heterocycles. The monoisotopic (exact) mass is 356 g/mol. The van der Waals surface area contributed by atoms with E-state index in [1.165, 1.54) is 0 Å². The van der Waals surface area contributed by atoms with Gasteiger partial charge in [0.2, 0.25) is 11.8 Å². The van der Waals surface area contributed by atoms with E-state index in [1.807, 2.05) is 42.2 Å². The predicted octanol–water partition coefficient (Wildman–Crippen LogP) is 1.29. The Morgan fingerprint density at radius 3 is 2.62 bits per heavy atom. The van der Waals surface area contributed by atoms with Gasteiger partial charge in [0.05, 0.1) is 0 Å². The van der Waals surface area contributed by atoms with Crippen LogP contribution < -0.4 is 5.43 Å². The fraction of sp³-hybridized carbons (Fsp3) is 0.474. The molecule has 7 heteroatoms. The van der Waals surface area contributed by atoms with Crippen molar-refractivity contribution in [1.29, 1.82) is 0 Å². The Morgan fingerprint density at radius 1 is 1.19 bits per heavy atom. The number of amides is 3. The molecule has 1 aromatic rings. The topological polar surface area (TPSA) is 82.1 Å². The molecule has 0 unspecified atom stereocenters.